The minimum atomic E-state index is -0.838. The summed E-state index contributed by atoms with van der Waals surface area (Å²) >= 11 is 0. The lowest BCUT2D eigenvalue weighted by atomic mass is 9.99. The fraction of sp³-hybridized carbons (Fsp3) is 0.455. The molecule has 1 rings (SSSR count). The number of hydrogen-bond donors (Lipinski definition) is 2. The summed E-state index contributed by atoms with van der Waals surface area (Å²) in [6.45, 7) is 3.88. The van der Waals surface area contributed by atoms with Gasteiger partial charge in [0, 0.05) is 6.20 Å². The molecule has 0 aromatic carbocycles. The van der Waals surface area contributed by atoms with E-state index in [9.17, 15) is 4.79 Å². The van der Waals surface area contributed by atoms with Crippen molar-refractivity contribution in [3.8, 4) is 0 Å². The number of nitrogens with zero attached hydrogens (tertiary/aromatic N) is 1. The van der Waals surface area contributed by atoms with E-state index in [0.29, 0.717) is 5.82 Å². The van der Waals surface area contributed by atoms with Crippen molar-refractivity contribution in [1.29, 1.82) is 0 Å². The van der Waals surface area contributed by atoms with Crippen molar-refractivity contribution in [3.05, 3.63) is 24.4 Å². The van der Waals surface area contributed by atoms with Crippen LogP contribution in [0.3, 0.4) is 0 Å². The summed E-state index contributed by atoms with van der Waals surface area (Å²) in [5, 5.41) is 12.0. The molecule has 0 saturated carbocycles. The summed E-state index contributed by atoms with van der Waals surface area (Å²) in [4.78, 5) is 15.1. The SMILES string of the molecule is CC[C@H](C)[C@H](Nc1ccccn1)C(=O)O. The molecule has 1 aromatic rings. The van der Waals surface area contributed by atoms with Crippen molar-refractivity contribution in [1.82, 2.24) is 4.98 Å². The lowest BCUT2D eigenvalue weighted by Gasteiger charge is -2.20. The van der Waals surface area contributed by atoms with Gasteiger partial charge >= 0.3 is 5.97 Å². The number of hydrogen-bond acceptors (Lipinski definition) is 3. The minimum absolute atomic E-state index is 0.0736. The van der Waals surface area contributed by atoms with E-state index in [1.165, 1.54) is 0 Å². The van der Waals surface area contributed by atoms with Crippen molar-refractivity contribution in [2.45, 2.75) is 26.3 Å². The Labute approximate surface area is 89.3 Å². The van der Waals surface area contributed by atoms with Crippen LogP contribution in [-0.4, -0.2) is 22.1 Å². The van der Waals surface area contributed by atoms with E-state index in [0.717, 1.165) is 6.42 Å². The summed E-state index contributed by atoms with van der Waals surface area (Å²) in [5.41, 5.74) is 0. The Kier molecular flexibility index (Phi) is 4.09. The normalized spacial score (nSPS) is 14.3. The average Bonchev–Trinajstić information content (AvgIpc) is 2.26. The number of rotatable bonds is 5. The summed E-state index contributed by atoms with van der Waals surface area (Å²) in [6, 6.07) is 4.80. The third kappa shape index (κ3) is 3.23. The maximum absolute atomic E-state index is 11.0. The predicted octanol–water partition coefficient (Wildman–Crippen LogP) is 1.99. The molecule has 0 unspecified atom stereocenters. The summed E-state index contributed by atoms with van der Waals surface area (Å²) in [7, 11) is 0. The van der Waals surface area contributed by atoms with Gasteiger partial charge in [0.1, 0.15) is 11.9 Å². The number of nitrogens with one attached hydrogen (secondary N) is 1. The second kappa shape index (κ2) is 5.34. The van der Waals surface area contributed by atoms with Crippen LogP contribution >= 0.6 is 0 Å². The largest absolute Gasteiger partial charge is 0.480 e. The lowest BCUT2D eigenvalue weighted by molar-refractivity contribution is -0.139. The smallest absolute Gasteiger partial charge is 0.326 e. The van der Waals surface area contributed by atoms with Crippen molar-refractivity contribution < 1.29 is 9.90 Å². The Morgan fingerprint density at radius 2 is 2.33 bits per heavy atom. The van der Waals surface area contributed by atoms with Gasteiger partial charge in [-0.25, -0.2) is 9.78 Å². The van der Waals surface area contributed by atoms with Crippen LogP contribution in [-0.2, 0) is 4.79 Å². The minimum Gasteiger partial charge on any atom is -0.480 e. The number of carbonyl (C=O) groups is 1. The van der Waals surface area contributed by atoms with Crippen molar-refractivity contribution in [2.24, 2.45) is 5.92 Å². The van der Waals surface area contributed by atoms with Gasteiger partial charge in [-0.05, 0) is 18.1 Å². The summed E-state index contributed by atoms with van der Waals surface area (Å²) < 4.78 is 0. The van der Waals surface area contributed by atoms with Crippen LogP contribution in [0, 0.1) is 5.92 Å². The van der Waals surface area contributed by atoms with Crippen LogP contribution in [0.2, 0.25) is 0 Å². The quantitative estimate of drug-likeness (QED) is 0.776. The first-order valence-electron chi connectivity index (χ1n) is 5.05. The first-order valence-corrected chi connectivity index (χ1v) is 5.05. The fourth-order valence-corrected chi connectivity index (χ4v) is 1.29. The Bertz CT molecular complexity index is 314. The molecule has 0 amide bonds. The van der Waals surface area contributed by atoms with Crippen LogP contribution in [0.15, 0.2) is 24.4 Å². The van der Waals surface area contributed by atoms with Gasteiger partial charge < -0.3 is 10.4 Å². The number of carboxylic acid groups (broad SMARTS) is 1. The Balaban J connectivity index is 2.71. The van der Waals surface area contributed by atoms with Gasteiger partial charge in [0.2, 0.25) is 0 Å². The average molecular weight is 208 g/mol. The number of aromatic nitrogens is 1. The Morgan fingerprint density at radius 1 is 1.60 bits per heavy atom. The molecule has 15 heavy (non-hydrogen) atoms. The molecule has 0 saturated heterocycles. The second-order valence-electron chi connectivity index (χ2n) is 3.56. The highest BCUT2D eigenvalue weighted by Crippen LogP contribution is 2.13. The Hall–Kier alpha value is -1.58. The van der Waals surface area contributed by atoms with Gasteiger partial charge in [-0.15, -0.1) is 0 Å². The molecule has 1 heterocycles. The van der Waals surface area contributed by atoms with E-state index in [4.69, 9.17) is 5.11 Å². The monoisotopic (exact) mass is 208 g/mol. The molecular weight excluding hydrogens is 192 g/mol. The molecule has 4 nitrogen and oxygen atoms in total. The molecule has 2 N–H and O–H groups in total. The molecule has 82 valence electrons. The first-order chi connectivity index (χ1) is 7.15. The van der Waals surface area contributed by atoms with Crippen LogP contribution in [0.1, 0.15) is 20.3 Å². The van der Waals surface area contributed by atoms with E-state index in [2.05, 4.69) is 10.3 Å². The molecular formula is C11H16N2O2. The van der Waals surface area contributed by atoms with Gasteiger partial charge in [-0.3, -0.25) is 0 Å². The topological polar surface area (TPSA) is 62.2 Å². The zero-order chi connectivity index (χ0) is 11.3. The van der Waals surface area contributed by atoms with Gasteiger partial charge in [0.25, 0.3) is 0 Å². The van der Waals surface area contributed by atoms with Gasteiger partial charge in [-0.2, -0.15) is 0 Å². The van der Waals surface area contributed by atoms with E-state index < -0.39 is 12.0 Å². The van der Waals surface area contributed by atoms with Crippen molar-refractivity contribution in [3.63, 3.8) is 0 Å². The standard InChI is InChI=1S/C11H16N2O2/c1-3-8(2)10(11(14)15)13-9-6-4-5-7-12-9/h4-8,10H,3H2,1-2H3,(H,12,13)(H,14,15)/t8-,10-/m0/s1. The van der Waals surface area contributed by atoms with Crippen LogP contribution in [0.4, 0.5) is 5.82 Å². The predicted molar refractivity (Wildman–Crippen MR) is 58.7 cm³/mol. The van der Waals surface area contributed by atoms with Crippen LogP contribution < -0.4 is 5.32 Å². The number of carboxylic acids is 1. The highest BCUT2D eigenvalue weighted by atomic mass is 16.4. The number of anilines is 1. The molecule has 0 aliphatic heterocycles. The van der Waals surface area contributed by atoms with E-state index in [-0.39, 0.29) is 5.92 Å². The zero-order valence-electron chi connectivity index (χ0n) is 8.97. The molecule has 4 heteroatoms. The molecule has 0 aliphatic rings. The van der Waals surface area contributed by atoms with Gasteiger partial charge in [-0.1, -0.05) is 26.3 Å². The van der Waals surface area contributed by atoms with Gasteiger partial charge in [0.15, 0.2) is 0 Å². The van der Waals surface area contributed by atoms with Gasteiger partial charge in [0.05, 0.1) is 0 Å². The van der Waals surface area contributed by atoms with Crippen molar-refractivity contribution in [2.75, 3.05) is 5.32 Å². The molecule has 0 spiro atoms. The maximum Gasteiger partial charge on any atom is 0.326 e. The zero-order valence-corrected chi connectivity index (χ0v) is 8.97. The maximum atomic E-state index is 11.0. The Morgan fingerprint density at radius 3 is 2.80 bits per heavy atom. The fourth-order valence-electron chi connectivity index (χ4n) is 1.29. The molecule has 2 atom stereocenters. The van der Waals surface area contributed by atoms with E-state index >= 15 is 0 Å². The third-order valence-electron chi connectivity index (χ3n) is 2.45. The molecule has 0 aliphatic carbocycles. The van der Waals surface area contributed by atoms with Crippen LogP contribution in [0.25, 0.3) is 0 Å². The lowest BCUT2D eigenvalue weighted by Crippen LogP contribution is -2.35. The number of pyridine rings is 1. The van der Waals surface area contributed by atoms with E-state index in [1.54, 1.807) is 18.3 Å². The van der Waals surface area contributed by atoms with E-state index in [1.807, 2.05) is 19.9 Å². The summed E-state index contributed by atoms with van der Waals surface area (Å²) in [6.07, 6.45) is 2.45. The molecule has 0 bridgehead atoms. The molecule has 0 fully saturated rings. The molecule has 1 aromatic heterocycles. The third-order valence-corrected chi connectivity index (χ3v) is 2.45. The number of aliphatic carboxylic acids is 1. The molecule has 0 radical (unpaired) electrons. The first kappa shape index (κ1) is 11.5. The highest BCUT2D eigenvalue weighted by molar-refractivity contribution is 5.77. The highest BCUT2D eigenvalue weighted by Gasteiger charge is 2.23. The van der Waals surface area contributed by atoms with Crippen LogP contribution in [0.5, 0.6) is 0 Å². The second-order valence-corrected chi connectivity index (χ2v) is 3.56. The van der Waals surface area contributed by atoms with Crippen molar-refractivity contribution >= 4 is 11.8 Å². The summed E-state index contributed by atoms with van der Waals surface area (Å²) in [5.74, 6) is -0.162.